The molecule has 0 saturated carbocycles. The molecule has 0 unspecified atom stereocenters. The van der Waals surface area contributed by atoms with Gasteiger partial charge in [0.05, 0.1) is 7.11 Å². The van der Waals surface area contributed by atoms with Crippen LogP contribution in [0.5, 0.6) is 5.75 Å². The van der Waals surface area contributed by atoms with Gasteiger partial charge in [0, 0.05) is 12.2 Å². The zero-order chi connectivity index (χ0) is 12.0. The van der Waals surface area contributed by atoms with Gasteiger partial charge in [-0.05, 0) is 49.4 Å². The Morgan fingerprint density at radius 1 is 1.31 bits per heavy atom. The largest absolute Gasteiger partial charge is 0.497 e. The van der Waals surface area contributed by atoms with E-state index in [0.29, 0.717) is 0 Å². The molecule has 0 radical (unpaired) electrons. The molecule has 0 fully saturated rings. The van der Waals surface area contributed by atoms with Crippen LogP contribution in [0.4, 0.5) is 5.69 Å². The maximum absolute atomic E-state index is 5.18. The number of ether oxygens (including phenoxy) is 1. The van der Waals surface area contributed by atoms with E-state index in [-0.39, 0.29) is 0 Å². The van der Waals surface area contributed by atoms with Gasteiger partial charge in [-0.15, -0.1) is 0 Å². The monoisotopic (exact) mass is 221 g/mol. The van der Waals surface area contributed by atoms with E-state index in [9.17, 15) is 0 Å². The van der Waals surface area contributed by atoms with Crippen LogP contribution in [0.3, 0.4) is 0 Å². The van der Waals surface area contributed by atoms with Crippen molar-refractivity contribution in [1.82, 2.24) is 0 Å². The number of benzene rings is 1. The quantitative estimate of drug-likeness (QED) is 0.737. The highest BCUT2D eigenvalue weighted by Crippen LogP contribution is 2.21. The Kier molecular flexibility index (Phi) is 5.17. The smallest absolute Gasteiger partial charge is 0.119 e. The summed E-state index contributed by atoms with van der Waals surface area (Å²) in [5, 5.41) is 3.46. The van der Waals surface area contributed by atoms with Crippen molar-refractivity contribution in [2.24, 2.45) is 5.92 Å². The number of anilines is 1. The molecule has 1 N–H and O–H groups in total. The topological polar surface area (TPSA) is 21.3 Å². The molecule has 0 aliphatic heterocycles. The predicted octanol–water partition coefficient (Wildman–Crippen LogP) is 3.85. The third-order valence-electron chi connectivity index (χ3n) is 2.71. The lowest BCUT2D eigenvalue weighted by Crippen LogP contribution is -2.04. The molecule has 90 valence electrons. The molecular formula is C14H23NO. The van der Waals surface area contributed by atoms with Crippen LogP contribution in [0.1, 0.15) is 32.3 Å². The van der Waals surface area contributed by atoms with Crippen LogP contribution in [0.25, 0.3) is 0 Å². The van der Waals surface area contributed by atoms with Crippen molar-refractivity contribution >= 4 is 5.69 Å². The molecule has 16 heavy (non-hydrogen) atoms. The Morgan fingerprint density at radius 3 is 2.62 bits per heavy atom. The molecule has 0 aliphatic rings. The third kappa shape index (κ3) is 4.13. The van der Waals surface area contributed by atoms with E-state index in [0.717, 1.165) is 18.2 Å². The molecule has 0 bridgehead atoms. The van der Waals surface area contributed by atoms with Gasteiger partial charge in [0.1, 0.15) is 5.75 Å². The molecule has 1 rings (SSSR count). The molecule has 0 atom stereocenters. The van der Waals surface area contributed by atoms with Crippen molar-refractivity contribution in [1.29, 1.82) is 0 Å². The minimum Gasteiger partial charge on any atom is -0.497 e. The second-order valence-electron chi connectivity index (χ2n) is 4.64. The second-order valence-corrected chi connectivity index (χ2v) is 4.64. The van der Waals surface area contributed by atoms with Gasteiger partial charge in [0.2, 0.25) is 0 Å². The van der Waals surface area contributed by atoms with Crippen LogP contribution < -0.4 is 10.1 Å². The van der Waals surface area contributed by atoms with Crippen molar-refractivity contribution in [3.63, 3.8) is 0 Å². The van der Waals surface area contributed by atoms with Crippen LogP contribution in [-0.4, -0.2) is 13.7 Å². The van der Waals surface area contributed by atoms with Gasteiger partial charge in [0.25, 0.3) is 0 Å². The van der Waals surface area contributed by atoms with E-state index in [1.54, 1.807) is 7.11 Å². The van der Waals surface area contributed by atoms with Crippen LogP contribution in [0.2, 0.25) is 0 Å². The summed E-state index contributed by atoms with van der Waals surface area (Å²) in [7, 11) is 1.70. The number of rotatable bonds is 6. The first-order valence-electron chi connectivity index (χ1n) is 6.02. The highest BCUT2D eigenvalue weighted by Gasteiger charge is 2.00. The summed E-state index contributed by atoms with van der Waals surface area (Å²) in [6, 6.07) is 6.14. The molecule has 0 amide bonds. The minimum atomic E-state index is 0.791. The summed E-state index contributed by atoms with van der Waals surface area (Å²) in [5.41, 5.74) is 2.45. The van der Waals surface area contributed by atoms with Gasteiger partial charge >= 0.3 is 0 Å². The normalized spacial score (nSPS) is 10.6. The van der Waals surface area contributed by atoms with Crippen LogP contribution in [0.15, 0.2) is 18.2 Å². The first kappa shape index (κ1) is 12.9. The molecule has 0 aliphatic carbocycles. The summed E-state index contributed by atoms with van der Waals surface area (Å²) in [6.45, 7) is 7.68. The number of methoxy groups -OCH3 is 1. The molecular weight excluding hydrogens is 198 g/mol. The first-order valence-corrected chi connectivity index (χ1v) is 6.02. The van der Waals surface area contributed by atoms with Crippen molar-refractivity contribution in [3.05, 3.63) is 23.8 Å². The highest BCUT2D eigenvalue weighted by molar-refractivity contribution is 5.53. The van der Waals surface area contributed by atoms with Gasteiger partial charge < -0.3 is 10.1 Å². The fraction of sp³-hybridized carbons (Fsp3) is 0.571. The molecule has 1 aromatic carbocycles. The maximum Gasteiger partial charge on any atom is 0.119 e. The van der Waals surface area contributed by atoms with Gasteiger partial charge in [-0.25, -0.2) is 0 Å². The summed E-state index contributed by atoms with van der Waals surface area (Å²) in [4.78, 5) is 0. The van der Waals surface area contributed by atoms with Gasteiger partial charge in [-0.1, -0.05) is 13.8 Å². The zero-order valence-corrected chi connectivity index (χ0v) is 10.8. The zero-order valence-electron chi connectivity index (χ0n) is 10.8. The van der Waals surface area contributed by atoms with Crippen LogP contribution in [-0.2, 0) is 0 Å². The van der Waals surface area contributed by atoms with Crippen LogP contribution in [0, 0.1) is 12.8 Å². The van der Waals surface area contributed by atoms with E-state index in [1.807, 2.05) is 6.07 Å². The van der Waals surface area contributed by atoms with Crippen LogP contribution >= 0.6 is 0 Å². The van der Waals surface area contributed by atoms with Gasteiger partial charge in [-0.3, -0.25) is 0 Å². The molecule has 2 nitrogen and oxygen atoms in total. The fourth-order valence-corrected chi connectivity index (χ4v) is 1.69. The third-order valence-corrected chi connectivity index (χ3v) is 2.71. The van der Waals surface area contributed by atoms with Crippen molar-refractivity contribution < 1.29 is 4.74 Å². The van der Waals surface area contributed by atoms with E-state index >= 15 is 0 Å². The van der Waals surface area contributed by atoms with Crippen molar-refractivity contribution in [2.45, 2.75) is 33.6 Å². The average Bonchev–Trinajstić information content (AvgIpc) is 2.25. The number of aryl methyl sites for hydroxylation is 1. The van der Waals surface area contributed by atoms with E-state index < -0.39 is 0 Å². The first-order chi connectivity index (χ1) is 7.63. The second kappa shape index (κ2) is 6.41. The summed E-state index contributed by atoms with van der Waals surface area (Å²) in [5.74, 6) is 1.71. The van der Waals surface area contributed by atoms with Gasteiger partial charge in [0.15, 0.2) is 0 Å². The van der Waals surface area contributed by atoms with Crippen molar-refractivity contribution in [3.8, 4) is 5.75 Å². The Hall–Kier alpha value is -1.18. The number of hydrogen-bond acceptors (Lipinski definition) is 2. The number of hydrogen-bond donors (Lipinski definition) is 1. The van der Waals surface area contributed by atoms with E-state index in [2.05, 4.69) is 38.2 Å². The van der Waals surface area contributed by atoms with Gasteiger partial charge in [-0.2, -0.15) is 0 Å². The predicted molar refractivity (Wildman–Crippen MR) is 70.3 cm³/mol. The Bertz CT molecular complexity index is 321. The number of nitrogens with one attached hydrogen (secondary N) is 1. The standard InChI is InChI=1S/C14H23NO/c1-11(2)6-5-9-15-14-8-7-13(16-4)10-12(14)3/h7-8,10-11,15H,5-6,9H2,1-4H3. The average molecular weight is 221 g/mol. The Labute approximate surface area is 99.0 Å². The molecule has 0 spiro atoms. The molecule has 1 aromatic rings. The summed E-state index contributed by atoms with van der Waals surface area (Å²) < 4.78 is 5.18. The minimum absolute atomic E-state index is 0.791. The van der Waals surface area contributed by atoms with E-state index in [4.69, 9.17) is 4.74 Å². The lowest BCUT2D eigenvalue weighted by Gasteiger charge is -2.11. The Morgan fingerprint density at radius 2 is 2.06 bits per heavy atom. The summed E-state index contributed by atoms with van der Waals surface area (Å²) >= 11 is 0. The summed E-state index contributed by atoms with van der Waals surface area (Å²) in [6.07, 6.45) is 2.51. The molecule has 0 aromatic heterocycles. The molecule has 0 saturated heterocycles. The lowest BCUT2D eigenvalue weighted by atomic mass is 10.1. The molecule has 0 heterocycles. The van der Waals surface area contributed by atoms with Crippen molar-refractivity contribution in [2.75, 3.05) is 19.0 Å². The molecule has 2 heteroatoms. The fourth-order valence-electron chi connectivity index (χ4n) is 1.69. The van der Waals surface area contributed by atoms with E-state index in [1.165, 1.54) is 24.1 Å². The highest BCUT2D eigenvalue weighted by atomic mass is 16.5. The SMILES string of the molecule is COc1ccc(NCCCC(C)C)c(C)c1. The Balaban J connectivity index is 2.42. The lowest BCUT2D eigenvalue weighted by molar-refractivity contribution is 0.414. The maximum atomic E-state index is 5.18.